The van der Waals surface area contributed by atoms with Crippen molar-refractivity contribution in [3.63, 3.8) is 0 Å². The lowest BCUT2D eigenvalue weighted by atomic mass is 10.1. The third kappa shape index (κ3) is 2.87. The maximum atomic E-state index is 11.9. The topological polar surface area (TPSA) is 101 Å². The van der Waals surface area contributed by atoms with Crippen LogP contribution in [0.2, 0.25) is 0 Å². The number of nitrogens with zero attached hydrogens (tertiary/aromatic N) is 2. The molecule has 0 unspecified atom stereocenters. The highest BCUT2D eigenvalue weighted by atomic mass is 16.6. The van der Waals surface area contributed by atoms with E-state index in [9.17, 15) is 14.9 Å². The van der Waals surface area contributed by atoms with Gasteiger partial charge in [-0.2, -0.15) is 0 Å². The van der Waals surface area contributed by atoms with Crippen molar-refractivity contribution in [3.8, 4) is 11.5 Å². The second kappa shape index (κ2) is 6.47. The van der Waals surface area contributed by atoms with Gasteiger partial charge in [0.15, 0.2) is 5.75 Å². The molecule has 0 bridgehead atoms. The Bertz CT molecular complexity index is 787. The third-order valence-electron chi connectivity index (χ3n) is 3.28. The first kappa shape index (κ1) is 16.5. The molecule has 0 aliphatic heterocycles. The molecule has 0 fully saturated rings. The van der Waals surface area contributed by atoms with E-state index in [0.717, 1.165) is 0 Å². The number of esters is 1. The van der Waals surface area contributed by atoms with Gasteiger partial charge in [-0.25, -0.2) is 9.78 Å². The van der Waals surface area contributed by atoms with Crippen LogP contribution >= 0.6 is 0 Å². The number of pyridine rings is 1. The summed E-state index contributed by atoms with van der Waals surface area (Å²) in [6.45, 7) is 3.48. The Balaban J connectivity index is 2.84. The molecule has 0 amide bonds. The van der Waals surface area contributed by atoms with Crippen LogP contribution in [0.1, 0.15) is 23.1 Å². The number of ether oxygens (including phenoxy) is 3. The summed E-state index contributed by atoms with van der Waals surface area (Å²) in [5, 5.41) is 12.2. The van der Waals surface area contributed by atoms with Gasteiger partial charge >= 0.3 is 11.7 Å². The molecule has 0 spiro atoms. The Morgan fingerprint density at radius 1 is 1.30 bits per heavy atom. The molecule has 0 N–H and O–H groups in total. The van der Waals surface area contributed by atoms with E-state index in [1.54, 1.807) is 19.9 Å². The number of methoxy groups -OCH3 is 2. The van der Waals surface area contributed by atoms with Crippen molar-refractivity contribution in [1.29, 1.82) is 0 Å². The summed E-state index contributed by atoms with van der Waals surface area (Å²) in [6, 6.07) is 3.01. The molecule has 8 heteroatoms. The number of nitro groups is 1. The first-order valence-electron chi connectivity index (χ1n) is 6.82. The highest BCUT2D eigenvalue weighted by Crippen LogP contribution is 2.43. The Kier molecular flexibility index (Phi) is 4.63. The lowest BCUT2D eigenvalue weighted by Crippen LogP contribution is -2.09. The summed E-state index contributed by atoms with van der Waals surface area (Å²) in [7, 11) is 2.71. The Morgan fingerprint density at radius 3 is 2.52 bits per heavy atom. The molecule has 1 aromatic carbocycles. The van der Waals surface area contributed by atoms with Crippen LogP contribution in [0.15, 0.2) is 12.1 Å². The van der Waals surface area contributed by atoms with Gasteiger partial charge in [0, 0.05) is 0 Å². The predicted molar refractivity (Wildman–Crippen MR) is 82.2 cm³/mol. The molecular formula is C15H16N2O6. The highest BCUT2D eigenvalue weighted by molar-refractivity contribution is 6.01. The first-order valence-corrected chi connectivity index (χ1v) is 6.82. The average molecular weight is 320 g/mol. The van der Waals surface area contributed by atoms with Gasteiger partial charge in [-0.3, -0.25) is 10.1 Å². The number of benzene rings is 1. The van der Waals surface area contributed by atoms with Crippen LogP contribution in [-0.4, -0.2) is 36.7 Å². The van der Waals surface area contributed by atoms with Gasteiger partial charge in [-0.1, -0.05) is 0 Å². The molecule has 0 aliphatic carbocycles. The quantitative estimate of drug-likeness (QED) is 0.474. The minimum atomic E-state index is -0.588. The number of aromatic nitrogens is 1. The molecule has 23 heavy (non-hydrogen) atoms. The fourth-order valence-corrected chi connectivity index (χ4v) is 2.39. The lowest BCUT2D eigenvalue weighted by molar-refractivity contribution is -0.384. The fourth-order valence-electron chi connectivity index (χ4n) is 2.39. The van der Waals surface area contributed by atoms with Crippen LogP contribution in [-0.2, 0) is 4.74 Å². The fraction of sp³-hybridized carbons (Fsp3) is 0.333. The van der Waals surface area contributed by atoms with Crippen LogP contribution in [0.5, 0.6) is 11.5 Å². The van der Waals surface area contributed by atoms with E-state index in [1.165, 1.54) is 20.3 Å². The number of carbonyl (C=O) groups is 1. The normalized spacial score (nSPS) is 10.4. The van der Waals surface area contributed by atoms with Gasteiger partial charge < -0.3 is 14.2 Å². The molecule has 122 valence electrons. The zero-order valence-corrected chi connectivity index (χ0v) is 13.2. The summed E-state index contributed by atoms with van der Waals surface area (Å²) in [6.07, 6.45) is 0. The summed E-state index contributed by atoms with van der Waals surface area (Å²) >= 11 is 0. The van der Waals surface area contributed by atoms with Gasteiger partial charge in [0.1, 0.15) is 5.69 Å². The monoisotopic (exact) mass is 320 g/mol. The number of hydrogen-bond donors (Lipinski definition) is 0. The first-order chi connectivity index (χ1) is 10.9. The van der Waals surface area contributed by atoms with Gasteiger partial charge in [0.05, 0.1) is 36.8 Å². The zero-order valence-electron chi connectivity index (χ0n) is 13.2. The van der Waals surface area contributed by atoms with Crippen molar-refractivity contribution in [2.75, 3.05) is 20.8 Å². The number of rotatable bonds is 5. The molecule has 2 aromatic rings. The zero-order chi connectivity index (χ0) is 17.1. The average Bonchev–Trinajstić information content (AvgIpc) is 2.52. The van der Waals surface area contributed by atoms with E-state index in [0.29, 0.717) is 16.5 Å². The van der Waals surface area contributed by atoms with Crippen LogP contribution in [0.25, 0.3) is 10.8 Å². The van der Waals surface area contributed by atoms with Gasteiger partial charge in [-0.05, 0) is 31.4 Å². The van der Waals surface area contributed by atoms with E-state index in [4.69, 9.17) is 14.2 Å². The molecular weight excluding hydrogens is 304 g/mol. The van der Waals surface area contributed by atoms with Crippen LogP contribution in [0.3, 0.4) is 0 Å². The molecule has 0 atom stereocenters. The maximum Gasteiger partial charge on any atom is 0.356 e. The molecule has 8 nitrogen and oxygen atoms in total. The largest absolute Gasteiger partial charge is 0.493 e. The van der Waals surface area contributed by atoms with Gasteiger partial charge in [0.25, 0.3) is 0 Å². The Morgan fingerprint density at radius 2 is 2.00 bits per heavy atom. The number of aryl methyl sites for hydroxylation is 1. The van der Waals surface area contributed by atoms with Crippen molar-refractivity contribution < 1.29 is 23.9 Å². The van der Waals surface area contributed by atoms with E-state index >= 15 is 0 Å². The van der Waals surface area contributed by atoms with Crippen molar-refractivity contribution in [2.24, 2.45) is 0 Å². The SMILES string of the molecule is CCOC(=O)c1cc2cc(OC)c(OC)c([N+](=O)[O-])c2c(C)n1. The maximum absolute atomic E-state index is 11.9. The summed E-state index contributed by atoms with van der Waals surface area (Å²) in [4.78, 5) is 26.9. The van der Waals surface area contributed by atoms with Crippen molar-refractivity contribution in [2.45, 2.75) is 13.8 Å². The predicted octanol–water partition coefficient (Wildman–Crippen LogP) is 2.65. The molecule has 0 saturated heterocycles. The lowest BCUT2D eigenvalue weighted by Gasteiger charge is -2.12. The number of fused-ring (bicyclic) bond motifs is 1. The van der Waals surface area contributed by atoms with Crippen molar-refractivity contribution in [3.05, 3.63) is 33.6 Å². The van der Waals surface area contributed by atoms with Crippen LogP contribution < -0.4 is 9.47 Å². The van der Waals surface area contributed by atoms with E-state index in [1.807, 2.05) is 0 Å². The van der Waals surface area contributed by atoms with Gasteiger partial charge in [-0.15, -0.1) is 0 Å². The second-order valence-electron chi connectivity index (χ2n) is 4.63. The summed E-state index contributed by atoms with van der Waals surface area (Å²) in [5.74, 6) is -0.374. The van der Waals surface area contributed by atoms with Gasteiger partial charge in [0.2, 0.25) is 5.75 Å². The molecule has 0 aliphatic rings. The second-order valence-corrected chi connectivity index (χ2v) is 4.63. The molecule has 2 rings (SSSR count). The molecule has 1 heterocycles. The Labute approximate surface area is 132 Å². The summed E-state index contributed by atoms with van der Waals surface area (Å²) < 4.78 is 15.2. The minimum Gasteiger partial charge on any atom is -0.493 e. The van der Waals surface area contributed by atoms with Crippen LogP contribution in [0, 0.1) is 17.0 Å². The molecule has 1 aromatic heterocycles. The van der Waals surface area contributed by atoms with E-state index < -0.39 is 10.9 Å². The number of hydrogen-bond acceptors (Lipinski definition) is 7. The van der Waals surface area contributed by atoms with E-state index in [-0.39, 0.29) is 29.5 Å². The summed E-state index contributed by atoms with van der Waals surface area (Å²) in [5.41, 5.74) is 0.166. The number of carbonyl (C=O) groups excluding carboxylic acids is 1. The van der Waals surface area contributed by atoms with Crippen LogP contribution in [0.4, 0.5) is 5.69 Å². The van der Waals surface area contributed by atoms with Crippen molar-refractivity contribution >= 4 is 22.4 Å². The Hall–Kier alpha value is -2.90. The highest BCUT2D eigenvalue weighted by Gasteiger charge is 2.27. The third-order valence-corrected chi connectivity index (χ3v) is 3.28. The molecule has 0 saturated carbocycles. The van der Waals surface area contributed by atoms with Crippen molar-refractivity contribution in [1.82, 2.24) is 4.98 Å². The smallest absolute Gasteiger partial charge is 0.356 e. The number of nitro benzene ring substituents is 1. The minimum absolute atomic E-state index is 0.0128. The van der Waals surface area contributed by atoms with E-state index in [2.05, 4.69) is 4.98 Å². The molecule has 0 radical (unpaired) electrons. The standard InChI is InChI=1S/C15H16N2O6/c1-5-23-15(18)10-6-9-7-11(21-3)14(22-4)13(17(19)20)12(9)8(2)16-10/h6-7H,5H2,1-4H3.